The highest BCUT2D eigenvalue weighted by molar-refractivity contribution is 6.17. The average Bonchev–Trinajstić information content (AvgIpc) is 2.76. The molecular weight excluding hydrogens is 440 g/mol. The second kappa shape index (κ2) is 10.1. The van der Waals surface area contributed by atoms with Crippen molar-refractivity contribution in [3.63, 3.8) is 0 Å². The number of benzene rings is 2. The second-order valence-corrected chi connectivity index (χ2v) is 8.45. The molecule has 8 nitrogen and oxygen atoms in total. The van der Waals surface area contributed by atoms with E-state index < -0.39 is 17.7 Å². The van der Waals surface area contributed by atoms with Crippen molar-refractivity contribution < 1.29 is 18.6 Å². The Bertz CT molecular complexity index is 1270. The van der Waals surface area contributed by atoms with Crippen molar-refractivity contribution in [2.24, 2.45) is 5.73 Å². The van der Waals surface area contributed by atoms with Crippen molar-refractivity contribution in [3.05, 3.63) is 77.6 Å². The first-order chi connectivity index (χ1) is 16.0. The number of halogens is 2. The third-order valence-corrected chi connectivity index (χ3v) is 4.50. The highest BCUT2D eigenvalue weighted by Crippen LogP contribution is 2.23. The van der Waals surface area contributed by atoms with Crippen LogP contribution in [0.2, 0.25) is 0 Å². The van der Waals surface area contributed by atoms with Crippen LogP contribution >= 0.6 is 0 Å². The number of nitrogens with one attached hydrogen (secondary N) is 3. The molecule has 0 aliphatic heterocycles. The van der Waals surface area contributed by atoms with E-state index in [2.05, 4.69) is 25.6 Å². The zero-order chi connectivity index (χ0) is 24.9. The van der Waals surface area contributed by atoms with Gasteiger partial charge in [-0.05, 0) is 56.7 Å². The van der Waals surface area contributed by atoms with Crippen LogP contribution in [0.5, 0.6) is 0 Å². The molecule has 0 saturated heterocycles. The highest BCUT2D eigenvalue weighted by atomic mass is 19.1. The predicted molar refractivity (Wildman–Crippen MR) is 130 cm³/mol. The van der Waals surface area contributed by atoms with Crippen molar-refractivity contribution >= 4 is 40.8 Å². The molecule has 0 spiro atoms. The minimum absolute atomic E-state index is 0.0836. The summed E-state index contributed by atoms with van der Waals surface area (Å²) in [6.45, 7) is 5.98. The second-order valence-electron chi connectivity index (χ2n) is 8.45. The van der Waals surface area contributed by atoms with Gasteiger partial charge in [0.2, 0.25) is 5.95 Å². The van der Waals surface area contributed by atoms with E-state index in [1.165, 1.54) is 6.20 Å². The van der Waals surface area contributed by atoms with Gasteiger partial charge >= 0.3 is 6.03 Å². The maximum Gasteiger partial charge on any atom is 0.323 e. The number of nitrogens with zero attached hydrogens (tertiary/aromatic N) is 2. The van der Waals surface area contributed by atoms with Crippen LogP contribution in [-0.2, 0) is 0 Å². The lowest BCUT2D eigenvalue weighted by Crippen LogP contribution is -2.81. The average molecular weight is 467 g/mol. The van der Waals surface area contributed by atoms with Gasteiger partial charge in [-0.1, -0.05) is 12.1 Å². The number of nitrogen functional groups attached to an aromatic ring is 1. The van der Waals surface area contributed by atoms with Gasteiger partial charge in [0.1, 0.15) is 11.6 Å². The standard InChI is InChI=1S/C24H25F2N7O/c1-24(2,3)30-13-17(21(27)19-9-10-29-22(28)32-19)14-5-4-6-16(11-14)31-23(34)33-20-12-15(25)7-8-18(20)26/h4-13H,27H2,1-3H3,(H2,28,29,32)(H2,31,33,34)/p+1. The van der Waals surface area contributed by atoms with Crippen molar-refractivity contribution in [2.75, 3.05) is 16.4 Å². The number of anilines is 3. The SMILES string of the molecule is CC(C)(C)[NH+]=CC(=C(N)c1ccnc(N)n1)c1cccc(NC(=O)Nc2cc(F)ccc2F)c1. The van der Waals surface area contributed by atoms with Crippen LogP contribution in [-0.4, -0.2) is 27.8 Å². The number of allylic oxidation sites excluding steroid dienone is 1. The van der Waals surface area contributed by atoms with Gasteiger partial charge in [-0.25, -0.2) is 28.5 Å². The molecule has 3 rings (SSSR count). The fourth-order valence-corrected chi connectivity index (χ4v) is 2.91. The lowest BCUT2D eigenvalue weighted by molar-refractivity contribution is -0.533. The fraction of sp³-hybridized carbons (Fsp3) is 0.167. The molecule has 0 radical (unpaired) electrons. The molecule has 0 saturated carbocycles. The number of aromatic nitrogens is 2. The third-order valence-electron chi connectivity index (χ3n) is 4.50. The molecule has 3 aromatic rings. The first-order valence-corrected chi connectivity index (χ1v) is 10.3. The van der Waals surface area contributed by atoms with Crippen LogP contribution in [0.1, 0.15) is 32.0 Å². The van der Waals surface area contributed by atoms with Crippen molar-refractivity contribution in [2.45, 2.75) is 26.3 Å². The summed E-state index contributed by atoms with van der Waals surface area (Å²) in [7, 11) is 0. The van der Waals surface area contributed by atoms with Crippen molar-refractivity contribution in [3.8, 4) is 0 Å². The molecule has 0 unspecified atom stereocenters. The van der Waals surface area contributed by atoms with Crippen LogP contribution in [0.3, 0.4) is 0 Å². The smallest absolute Gasteiger partial charge is 0.323 e. The Hall–Kier alpha value is -4.34. The number of carbonyl (C=O) groups is 1. The summed E-state index contributed by atoms with van der Waals surface area (Å²) in [5.74, 6) is -1.34. The lowest BCUT2D eigenvalue weighted by atomic mass is 10.0. The summed E-state index contributed by atoms with van der Waals surface area (Å²) in [6, 6.07) is 10.6. The van der Waals surface area contributed by atoms with E-state index in [-0.39, 0.29) is 17.2 Å². The van der Waals surface area contributed by atoms with E-state index in [0.717, 1.165) is 18.2 Å². The number of hydrogen-bond donors (Lipinski definition) is 5. The number of nitrogens with two attached hydrogens (primary N) is 2. The normalized spacial score (nSPS) is 12.4. The van der Waals surface area contributed by atoms with E-state index in [4.69, 9.17) is 11.5 Å². The lowest BCUT2D eigenvalue weighted by Gasteiger charge is -2.12. The first-order valence-electron chi connectivity index (χ1n) is 10.3. The predicted octanol–water partition coefficient (Wildman–Crippen LogP) is 2.76. The number of urea groups is 1. The maximum atomic E-state index is 13.8. The van der Waals surface area contributed by atoms with Crippen LogP contribution in [0, 0.1) is 11.6 Å². The van der Waals surface area contributed by atoms with E-state index in [9.17, 15) is 13.6 Å². The minimum atomic E-state index is -0.754. The van der Waals surface area contributed by atoms with Gasteiger partial charge in [0, 0.05) is 18.0 Å². The van der Waals surface area contributed by atoms with Crippen molar-refractivity contribution in [1.82, 2.24) is 9.97 Å². The number of rotatable bonds is 5. The molecule has 176 valence electrons. The topological polar surface area (TPSA) is 133 Å². The molecule has 0 atom stereocenters. The summed E-state index contributed by atoms with van der Waals surface area (Å²) in [4.78, 5) is 23.7. The van der Waals surface area contributed by atoms with Gasteiger partial charge in [-0.2, -0.15) is 0 Å². The van der Waals surface area contributed by atoms with Crippen LogP contribution in [0.4, 0.5) is 30.9 Å². The van der Waals surface area contributed by atoms with Gasteiger partial charge < -0.3 is 22.1 Å². The Morgan fingerprint density at radius 3 is 2.56 bits per heavy atom. The van der Waals surface area contributed by atoms with Gasteiger partial charge in [0.25, 0.3) is 0 Å². The van der Waals surface area contributed by atoms with Gasteiger partial charge in [-0.15, -0.1) is 0 Å². The number of hydrogen-bond acceptors (Lipinski definition) is 5. The summed E-state index contributed by atoms with van der Waals surface area (Å²) < 4.78 is 27.2. The first kappa shape index (κ1) is 24.3. The monoisotopic (exact) mass is 466 g/mol. The van der Waals surface area contributed by atoms with E-state index in [1.807, 2.05) is 26.8 Å². The third kappa shape index (κ3) is 6.58. The van der Waals surface area contributed by atoms with Crippen molar-refractivity contribution in [1.29, 1.82) is 0 Å². The highest BCUT2D eigenvalue weighted by Gasteiger charge is 2.17. The molecule has 2 amide bonds. The molecule has 2 aromatic carbocycles. The molecular formula is C24H26F2N7O+. The number of carbonyl (C=O) groups excluding carboxylic acids is 1. The van der Waals surface area contributed by atoms with Crippen LogP contribution < -0.4 is 27.1 Å². The largest absolute Gasteiger partial charge is 0.396 e. The van der Waals surface area contributed by atoms with Crippen LogP contribution in [0.15, 0.2) is 54.7 Å². The Kier molecular flexibility index (Phi) is 7.20. The molecule has 1 aromatic heterocycles. The van der Waals surface area contributed by atoms with Gasteiger partial charge in [0.15, 0.2) is 11.8 Å². The molecule has 34 heavy (non-hydrogen) atoms. The zero-order valence-electron chi connectivity index (χ0n) is 19.0. The Morgan fingerprint density at radius 2 is 1.85 bits per heavy atom. The Morgan fingerprint density at radius 1 is 1.09 bits per heavy atom. The summed E-state index contributed by atoms with van der Waals surface area (Å²) >= 11 is 0. The summed E-state index contributed by atoms with van der Waals surface area (Å²) in [6.07, 6.45) is 3.27. The Balaban J connectivity index is 1.94. The van der Waals surface area contributed by atoms with Gasteiger partial charge in [0.05, 0.1) is 22.7 Å². The molecule has 0 aliphatic rings. The molecule has 0 bridgehead atoms. The van der Waals surface area contributed by atoms with E-state index >= 15 is 0 Å². The molecule has 10 heteroatoms. The minimum Gasteiger partial charge on any atom is -0.396 e. The van der Waals surface area contributed by atoms with Gasteiger partial charge in [-0.3, -0.25) is 0 Å². The zero-order valence-corrected chi connectivity index (χ0v) is 19.0. The molecule has 0 fully saturated rings. The fourth-order valence-electron chi connectivity index (χ4n) is 2.91. The Labute approximate surface area is 195 Å². The number of amides is 2. The quantitative estimate of drug-likeness (QED) is 0.369. The van der Waals surface area contributed by atoms with Crippen LogP contribution in [0.25, 0.3) is 11.3 Å². The molecule has 1 heterocycles. The van der Waals surface area contributed by atoms with E-state index in [1.54, 1.807) is 30.5 Å². The summed E-state index contributed by atoms with van der Waals surface area (Å²) in [5, 5.41) is 4.91. The molecule has 7 N–H and O–H groups in total. The van der Waals surface area contributed by atoms with E-state index in [0.29, 0.717) is 28.2 Å². The summed E-state index contributed by atoms with van der Waals surface area (Å²) in [5.41, 5.74) is 14.1. The maximum absolute atomic E-state index is 13.8. The molecule has 0 aliphatic carbocycles.